The van der Waals surface area contributed by atoms with Crippen molar-refractivity contribution < 1.29 is 10.2 Å². The molecule has 2 aliphatic rings. The standard InChI is InChI=1S/C30H29N3O2/c1-29(2)21-7-5-6-8-27(21)33(31)28-12-9-18(15-22(28)29)32-25-13-10-19(34)16-23(25)30(3,4)24-17-20(35)11-14-26(24)32/h5-17,34-35H,31H2,1-4H3. The van der Waals surface area contributed by atoms with Gasteiger partial charge in [-0.15, -0.1) is 0 Å². The van der Waals surface area contributed by atoms with E-state index in [0.29, 0.717) is 0 Å². The summed E-state index contributed by atoms with van der Waals surface area (Å²) < 4.78 is 0. The van der Waals surface area contributed by atoms with E-state index in [2.05, 4.69) is 69.0 Å². The van der Waals surface area contributed by atoms with E-state index in [0.717, 1.165) is 45.1 Å². The minimum Gasteiger partial charge on any atom is -0.508 e. The third-order valence-corrected chi connectivity index (χ3v) is 7.80. The van der Waals surface area contributed by atoms with Crippen molar-refractivity contribution in [3.8, 4) is 11.5 Å². The van der Waals surface area contributed by atoms with E-state index in [1.165, 1.54) is 5.56 Å². The third kappa shape index (κ3) is 2.91. The van der Waals surface area contributed by atoms with E-state index in [9.17, 15) is 10.2 Å². The highest BCUT2D eigenvalue weighted by molar-refractivity contribution is 5.88. The number of para-hydroxylation sites is 1. The zero-order valence-corrected chi connectivity index (χ0v) is 20.4. The monoisotopic (exact) mass is 463 g/mol. The summed E-state index contributed by atoms with van der Waals surface area (Å²) in [5.74, 6) is 7.04. The number of hydrogen-bond acceptors (Lipinski definition) is 5. The van der Waals surface area contributed by atoms with Crippen molar-refractivity contribution in [2.75, 3.05) is 9.91 Å². The van der Waals surface area contributed by atoms with Crippen LogP contribution in [0.25, 0.3) is 0 Å². The molecule has 176 valence electrons. The highest BCUT2D eigenvalue weighted by Crippen LogP contribution is 2.55. The molecule has 2 heterocycles. The Balaban J connectivity index is 1.61. The summed E-state index contributed by atoms with van der Waals surface area (Å²) in [5, 5.41) is 22.5. The van der Waals surface area contributed by atoms with Gasteiger partial charge in [-0.1, -0.05) is 45.9 Å². The van der Waals surface area contributed by atoms with Crippen LogP contribution in [0.15, 0.2) is 78.9 Å². The zero-order valence-electron chi connectivity index (χ0n) is 20.4. The number of benzene rings is 4. The van der Waals surface area contributed by atoms with Crippen LogP contribution >= 0.6 is 0 Å². The van der Waals surface area contributed by atoms with E-state index in [4.69, 9.17) is 5.84 Å². The molecule has 2 aliphatic heterocycles. The number of hydrogen-bond donors (Lipinski definition) is 3. The molecule has 0 spiro atoms. The fourth-order valence-electron chi connectivity index (χ4n) is 5.85. The molecule has 0 amide bonds. The molecule has 5 heteroatoms. The lowest BCUT2D eigenvalue weighted by atomic mass is 9.72. The zero-order chi connectivity index (χ0) is 24.7. The quantitative estimate of drug-likeness (QED) is 0.269. The Bertz CT molecular complexity index is 1450. The molecular weight excluding hydrogens is 434 g/mol. The van der Waals surface area contributed by atoms with Crippen LogP contribution in [-0.4, -0.2) is 10.2 Å². The van der Waals surface area contributed by atoms with Crippen LogP contribution in [0.5, 0.6) is 11.5 Å². The summed E-state index contributed by atoms with van der Waals surface area (Å²) in [5.41, 5.74) is 8.67. The predicted octanol–water partition coefficient (Wildman–Crippen LogP) is 6.86. The minimum absolute atomic E-state index is 0.224. The van der Waals surface area contributed by atoms with Crippen LogP contribution in [-0.2, 0) is 10.8 Å². The SMILES string of the molecule is CC1(C)c2ccccc2N(N)c2ccc(N3c4ccc(O)cc4C(C)(C)c4cc(O)ccc43)cc21. The van der Waals surface area contributed by atoms with Gasteiger partial charge in [0.2, 0.25) is 0 Å². The summed E-state index contributed by atoms with van der Waals surface area (Å²) in [6.07, 6.45) is 0. The Kier molecular flexibility index (Phi) is 4.33. The number of nitrogens with zero attached hydrogens (tertiary/aromatic N) is 2. The summed E-state index contributed by atoms with van der Waals surface area (Å²) in [7, 11) is 0. The fraction of sp³-hybridized carbons (Fsp3) is 0.200. The molecule has 35 heavy (non-hydrogen) atoms. The Morgan fingerprint density at radius 3 is 1.69 bits per heavy atom. The van der Waals surface area contributed by atoms with Crippen molar-refractivity contribution in [3.63, 3.8) is 0 Å². The largest absolute Gasteiger partial charge is 0.508 e. The van der Waals surface area contributed by atoms with Gasteiger partial charge in [-0.3, -0.25) is 5.01 Å². The smallest absolute Gasteiger partial charge is 0.116 e. The number of anilines is 5. The molecular formula is C30H29N3O2. The van der Waals surface area contributed by atoms with Gasteiger partial charge in [-0.2, -0.15) is 0 Å². The number of phenols is 2. The molecule has 0 unspecified atom stereocenters. The lowest BCUT2D eigenvalue weighted by Gasteiger charge is -2.43. The number of phenolic OH excluding ortho intramolecular Hbond substituents is 2. The molecule has 0 bridgehead atoms. The molecule has 0 radical (unpaired) electrons. The third-order valence-electron chi connectivity index (χ3n) is 7.80. The van der Waals surface area contributed by atoms with Crippen molar-refractivity contribution in [2.24, 2.45) is 5.84 Å². The second kappa shape index (κ2) is 7.03. The van der Waals surface area contributed by atoms with E-state index in [1.807, 2.05) is 30.3 Å². The van der Waals surface area contributed by atoms with E-state index in [-0.39, 0.29) is 16.9 Å². The average Bonchev–Trinajstić information content (AvgIpc) is 2.84. The first-order chi connectivity index (χ1) is 16.6. The number of nitrogens with two attached hydrogens (primary N) is 1. The fourth-order valence-corrected chi connectivity index (χ4v) is 5.85. The van der Waals surface area contributed by atoms with Crippen LogP contribution in [0.2, 0.25) is 0 Å². The second-order valence-electron chi connectivity index (χ2n) is 10.6. The molecule has 0 fully saturated rings. The van der Waals surface area contributed by atoms with Gasteiger partial charge in [0.1, 0.15) is 11.5 Å². The van der Waals surface area contributed by atoms with Crippen molar-refractivity contribution >= 4 is 28.4 Å². The van der Waals surface area contributed by atoms with Crippen molar-refractivity contribution in [3.05, 3.63) is 101 Å². The Labute approximate surface area is 205 Å². The molecule has 6 rings (SSSR count). The number of fused-ring (bicyclic) bond motifs is 4. The molecule has 0 aromatic heterocycles. The normalized spacial score (nSPS) is 16.7. The summed E-state index contributed by atoms with van der Waals surface area (Å²) >= 11 is 0. The van der Waals surface area contributed by atoms with Crippen LogP contribution in [0.1, 0.15) is 49.9 Å². The van der Waals surface area contributed by atoms with E-state index in [1.54, 1.807) is 17.1 Å². The minimum atomic E-state index is -0.404. The van der Waals surface area contributed by atoms with Crippen LogP contribution < -0.4 is 15.8 Å². The first kappa shape index (κ1) is 21.6. The molecule has 4 aromatic carbocycles. The maximum atomic E-state index is 10.3. The van der Waals surface area contributed by atoms with Gasteiger partial charge in [0.05, 0.1) is 22.7 Å². The lowest BCUT2D eigenvalue weighted by Crippen LogP contribution is -2.37. The Morgan fingerprint density at radius 2 is 1.06 bits per heavy atom. The van der Waals surface area contributed by atoms with Crippen LogP contribution in [0.4, 0.5) is 28.4 Å². The number of hydrazine groups is 1. The lowest BCUT2D eigenvalue weighted by molar-refractivity contribution is 0.469. The topological polar surface area (TPSA) is 73.0 Å². The van der Waals surface area contributed by atoms with Crippen LogP contribution in [0, 0.1) is 0 Å². The van der Waals surface area contributed by atoms with E-state index >= 15 is 0 Å². The van der Waals surface area contributed by atoms with Gasteiger partial charge in [-0.25, -0.2) is 5.84 Å². The molecule has 5 nitrogen and oxygen atoms in total. The van der Waals surface area contributed by atoms with Crippen molar-refractivity contribution in [2.45, 2.75) is 38.5 Å². The summed E-state index contributed by atoms with van der Waals surface area (Å²) in [4.78, 5) is 2.21. The van der Waals surface area contributed by atoms with Gasteiger partial charge in [0.25, 0.3) is 0 Å². The summed E-state index contributed by atoms with van der Waals surface area (Å²) in [6.45, 7) is 8.72. The van der Waals surface area contributed by atoms with Crippen LogP contribution in [0.3, 0.4) is 0 Å². The first-order valence-corrected chi connectivity index (χ1v) is 11.9. The van der Waals surface area contributed by atoms with Gasteiger partial charge >= 0.3 is 0 Å². The first-order valence-electron chi connectivity index (χ1n) is 11.9. The van der Waals surface area contributed by atoms with Crippen molar-refractivity contribution in [1.82, 2.24) is 0 Å². The van der Waals surface area contributed by atoms with Gasteiger partial charge < -0.3 is 15.1 Å². The molecule has 4 N–H and O–H groups in total. The van der Waals surface area contributed by atoms with Gasteiger partial charge in [0, 0.05) is 16.5 Å². The molecule has 0 saturated heterocycles. The van der Waals surface area contributed by atoms with Gasteiger partial charge in [-0.05, 0) is 82.9 Å². The van der Waals surface area contributed by atoms with Crippen molar-refractivity contribution in [1.29, 1.82) is 0 Å². The highest BCUT2D eigenvalue weighted by Gasteiger charge is 2.39. The summed E-state index contributed by atoms with van der Waals surface area (Å²) in [6, 6.07) is 25.7. The molecule has 0 atom stereocenters. The Hall–Kier alpha value is -3.96. The molecule has 0 saturated carbocycles. The van der Waals surface area contributed by atoms with E-state index < -0.39 is 5.41 Å². The number of rotatable bonds is 1. The molecule has 4 aromatic rings. The maximum absolute atomic E-state index is 10.3. The highest BCUT2D eigenvalue weighted by atomic mass is 16.3. The average molecular weight is 464 g/mol. The van der Waals surface area contributed by atoms with Gasteiger partial charge in [0.15, 0.2) is 0 Å². The number of aromatic hydroxyl groups is 2. The molecule has 0 aliphatic carbocycles. The Morgan fingerprint density at radius 1 is 0.571 bits per heavy atom. The predicted molar refractivity (Wildman–Crippen MR) is 141 cm³/mol. The second-order valence-corrected chi connectivity index (χ2v) is 10.6. The maximum Gasteiger partial charge on any atom is 0.116 e.